The van der Waals surface area contributed by atoms with Crippen LogP contribution in [-0.2, 0) is 0 Å². The predicted octanol–water partition coefficient (Wildman–Crippen LogP) is 4.13. The molecule has 23 heavy (non-hydrogen) atoms. The molecule has 0 aliphatic rings. The van der Waals surface area contributed by atoms with E-state index >= 15 is 0 Å². The molecule has 3 aromatic rings. The first kappa shape index (κ1) is 14.9. The van der Waals surface area contributed by atoms with Crippen molar-refractivity contribution in [2.75, 3.05) is 14.2 Å². The smallest absolute Gasteiger partial charge is 0.167 e. The molecular formula is C19H17NO3. The molecule has 0 amide bonds. The van der Waals surface area contributed by atoms with Crippen LogP contribution in [0.25, 0.3) is 23.1 Å². The number of methoxy groups -OCH3 is 2. The quantitative estimate of drug-likeness (QED) is 0.787. The predicted molar refractivity (Wildman–Crippen MR) is 91.9 cm³/mol. The topological polar surface area (TPSA) is 51.6 Å². The van der Waals surface area contributed by atoms with Gasteiger partial charge in [0.05, 0.1) is 19.9 Å². The van der Waals surface area contributed by atoms with Gasteiger partial charge in [-0.25, -0.2) is 4.98 Å². The number of rotatable bonds is 4. The summed E-state index contributed by atoms with van der Waals surface area (Å²) in [6.45, 7) is 0. The average Bonchev–Trinajstić information content (AvgIpc) is 2.60. The number of benzene rings is 2. The Morgan fingerprint density at radius 1 is 0.913 bits per heavy atom. The second kappa shape index (κ2) is 6.40. The third kappa shape index (κ3) is 2.97. The highest BCUT2D eigenvalue weighted by molar-refractivity contribution is 5.86. The van der Waals surface area contributed by atoms with Gasteiger partial charge in [-0.05, 0) is 30.4 Å². The number of hydrogen-bond donors (Lipinski definition) is 1. The number of para-hydroxylation sites is 2. The molecule has 4 heteroatoms. The monoisotopic (exact) mass is 307 g/mol. The van der Waals surface area contributed by atoms with Gasteiger partial charge in [0.1, 0.15) is 11.3 Å². The summed E-state index contributed by atoms with van der Waals surface area (Å²) >= 11 is 0. The van der Waals surface area contributed by atoms with Crippen molar-refractivity contribution in [1.82, 2.24) is 4.98 Å². The summed E-state index contributed by atoms with van der Waals surface area (Å²) in [6, 6.07) is 14.9. The van der Waals surface area contributed by atoms with Crippen LogP contribution in [0.15, 0.2) is 48.5 Å². The average molecular weight is 307 g/mol. The van der Waals surface area contributed by atoms with E-state index in [1.807, 2.05) is 48.6 Å². The van der Waals surface area contributed by atoms with Gasteiger partial charge >= 0.3 is 0 Å². The highest BCUT2D eigenvalue weighted by Crippen LogP contribution is 2.32. The van der Waals surface area contributed by atoms with E-state index in [0.717, 1.165) is 16.6 Å². The van der Waals surface area contributed by atoms with Crippen LogP contribution in [0.3, 0.4) is 0 Å². The van der Waals surface area contributed by atoms with Crippen molar-refractivity contribution in [2.45, 2.75) is 0 Å². The van der Waals surface area contributed by atoms with Crippen LogP contribution in [0.2, 0.25) is 0 Å². The minimum absolute atomic E-state index is 0.178. The van der Waals surface area contributed by atoms with Crippen LogP contribution >= 0.6 is 0 Å². The van der Waals surface area contributed by atoms with Crippen molar-refractivity contribution in [3.8, 4) is 17.2 Å². The molecule has 3 rings (SSSR count). The molecule has 0 fully saturated rings. The van der Waals surface area contributed by atoms with Crippen molar-refractivity contribution in [2.24, 2.45) is 0 Å². The summed E-state index contributed by atoms with van der Waals surface area (Å²) in [6.07, 6.45) is 3.79. The molecule has 116 valence electrons. The molecule has 1 N–H and O–H groups in total. The Bertz CT molecular complexity index is 872. The first-order chi connectivity index (χ1) is 11.2. The van der Waals surface area contributed by atoms with E-state index in [9.17, 15) is 5.11 Å². The molecule has 0 aliphatic carbocycles. The maximum Gasteiger partial charge on any atom is 0.167 e. The van der Waals surface area contributed by atoms with Gasteiger partial charge in [-0.1, -0.05) is 30.3 Å². The zero-order chi connectivity index (χ0) is 16.2. The van der Waals surface area contributed by atoms with Gasteiger partial charge in [0.2, 0.25) is 0 Å². The maximum atomic E-state index is 9.91. The number of aromatic hydroxyl groups is 1. The van der Waals surface area contributed by atoms with Crippen LogP contribution in [0, 0.1) is 0 Å². The van der Waals surface area contributed by atoms with Crippen LogP contribution < -0.4 is 9.47 Å². The molecule has 4 nitrogen and oxygen atoms in total. The number of phenols is 1. The lowest BCUT2D eigenvalue weighted by molar-refractivity contribution is 0.354. The van der Waals surface area contributed by atoms with Crippen molar-refractivity contribution < 1.29 is 14.6 Å². The molecule has 0 unspecified atom stereocenters. The van der Waals surface area contributed by atoms with Gasteiger partial charge in [0, 0.05) is 10.9 Å². The summed E-state index contributed by atoms with van der Waals surface area (Å²) in [4.78, 5) is 4.48. The third-order valence-corrected chi connectivity index (χ3v) is 3.59. The van der Waals surface area contributed by atoms with E-state index in [0.29, 0.717) is 17.0 Å². The van der Waals surface area contributed by atoms with E-state index in [1.54, 1.807) is 26.4 Å². The molecule has 1 heterocycles. The normalized spacial score (nSPS) is 11.0. The van der Waals surface area contributed by atoms with Crippen molar-refractivity contribution in [3.05, 3.63) is 59.8 Å². The highest BCUT2D eigenvalue weighted by Gasteiger charge is 2.07. The fourth-order valence-corrected chi connectivity index (χ4v) is 2.46. The Labute approximate surface area is 134 Å². The number of hydrogen-bond acceptors (Lipinski definition) is 4. The van der Waals surface area contributed by atoms with Crippen molar-refractivity contribution in [1.29, 1.82) is 0 Å². The number of nitrogens with zero attached hydrogens (tertiary/aromatic N) is 1. The standard InChI is InChI=1S/C19H17NO3/c1-22-17-8-4-6-14(19(17)23-2)10-12-15-11-9-13-5-3-7-16(21)18(13)20-15/h3-12,21H,1-2H3. The summed E-state index contributed by atoms with van der Waals surface area (Å²) in [5.41, 5.74) is 2.24. The van der Waals surface area contributed by atoms with Gasteiger partial charge < -0.3 is 14.6 Å². The summed E-state index contributed by atoms with van der Waals surface area (Å²) < 4.78 is 10.7. The molecule has 2 aromatic carbocycles. The van der Waals surface area contributed by atoms with Gasteiger partial charge in [-0.15, -0.1) is 0 Å². The van der Waals surface area contributed by atoms with Crippen molar-refractivity contribution in [3.63, 3.8) is 0 Å². The van der Waals surface area contributed by atoms with E-state index in [2.05, 4.69) is 4.98 Å². The molecule has 0 saturated heterocycles. The SMILES string of the molecule is COc1cccc(C=Cc2ccc3cccc(O)c3n2)c1OC. The first-order valence-electron chi connectivity index (χ1n) is 7.20. The molecule has 0 radical (unpaired) electrons. The van der Waals surface area contributed by atoms with Crippen molar-refractivity contribution >= 4 is 23.1 Å². The Kier molecular flexibility index (Phi) is 4.15. The Hall–Kier alpha value is -3.01. The number of pyridine rings is 1. The van der Waals surface area contributed by atoms with Crippen LogP contribution in [0.4, 0.5) is 0 Å². The lowest BCUT2D eigenvalue weighted by Gasteiger charge is -2.09. The lowest BCUT2D eigenvalue weighted by atomic mass is 10.1. The minimum Gasteiger partial charge on any atom is -0.506 e. The molecule has 0 atom stereocenters. The van der Waals surface area contributed by atoms with Gasteiger partial charge in [0.15, 0.2) is 11.5 Å². The van der Waals surface area contributed by atoms with Gasteiger partial charge in [-0.3, -0.25) is 0 Å². The Morgan fingerprint density at radius 2 is 1.74 bits per heavy atom. The number of ether oxygens (including phenoxy) is 2. The van der Waals surface area contributed by atoms with E-state index in [4.69, 9.17) is 9.47 Å². The van der Waals surface area contributed by atoms with E-state index in [-0.39, 0.29) is 5.75 Å². The van der Waals surface area contributed by atoms with Gasteiger partial charge in [-0.2, -0.15) is 0 Å². The fraction of sp³-hybridized carbons (Fsp3) is 0.105. The van der Waals surface area contributed by atoms with E-state index in [1.165, 1.54) is 0 Å². The molecule has 1 aromatic heterocycles. The molecule has 0 aliphatic heterocycles. The number of aromatic nitrogens is 1. The lowest BCUT2D eigenvalue weighted by Crippen LogP contribution is -1.92. The largest absolute Gasteiger partial charge is 0.506 e. The van der Waals surface area contributed by atoms with E-state index < -0.39 is 0 Å². The second-order valence-electron chi connectivity index (χ2n) is 5.00. The maximum absolute atomic E-state index is 9.91. The second-order valence-corrected chi connectivity index (χ2v) is 5.00. The van der Waals surface area contributed by atoms with Gasteiger partial charge in [0.25, 0.3) is 0 Å². The summed E-state index contributed by atoms with van der Waals surface area (Å²) in [7, 11) is 3.22. The summed E-state index contributed by atoms with van der Waals surface area (Å²) in [5.74, 6) is 1.53. The molecule has 0 bridgehead atoms. The summed E-state index contributed by atoms with van der Waals surface area (Å²) in [5, 5.41) is 10.8. The zero-order valence-corrected chi connectivity index (χ0v) is 13.0. The van der Waals surface area contributed by atoms with Crippen LogP contribution in [0.5, 0.6) is 17.2 Å². The number of phenolic OH excluding ortho intramolecular Hbond substituents is 1. The Morgan fingerprint density at radius 3 is 2.52 bits per heavy atom. The first-order valence-corrected chi connectivity index (χ1v) is 7.20. The van der Waals surface area contributed by atoms with Crippen LogP contribution in [-0.4, -0.2) is 24.3 Å². The molecule has 0 spiro atoms. The number of fused-ring (bicyclic) bond motifs is 1. The zero-order valence-electron chi connectivity index (χ0n) is 13.0. The third-order valence-electron chi connectivity index (χ3n) is 3.59. The van der Waals surface area contributed by atoms with Crippen LogP contribution in [0.1, 0.15) is 11.3 Å². The molecule has 0 saturated carbocycles. The minimum atomic E-state index is 0.178. The fourth-order valence-electron chi connectivity index (χ4n) is 2.46. The molecular weight excluding hydrogens is 290 g/mol. The highest BCUT2D eigenvalue weighted by atomic mass is 16.5. The Balaban J connectivity index is 1.99.